The maximum absolute atomic E-state index is 13.0. The molecule has 4 rings (SSSR count). The monoisotopic (exact) mass is 289 g/mol. The lowest BCUT2D eigenvalue weighted by Gasteiger charge is -2.14. The fourth-order valence-electron chi connectivity index (χ4n) is 3.22. The maximum atomic E-state index is 13.0. The third-order valence-electron chi connectivity index (χ3n) is 4.30. The van der Waals surface area contributed by atoms with Crippen LogP contribution in [0.25, 0.3) is 32.6 Å². The van der Waals surface area contributed by atoms with Gasteiger partial charge in [-0.05, 0) is 17.5 Å². The number of nitrogens with zero attached hydrogens (tertiary/aromatic N) is 1. The van der Waals surface area contributed by atoms with Crippen LogP contribution in [0.5, 0.6) is 5.75 Å². The molecule has 0 aliphatic rings. The largest absolute Gasteiger partial charge is 0.496 e. The van der Waals surface area contributed by atoms with Gasteiger partial charge in [0.05, 0.1) is 23.5 Å². The second-order valence-corrected chi connectivity index (χ2v) is 5.42. The number of methoxy groups -OCH3 is 1. The summed E-state index contributed by atoms with van der Waals surface area (Å²) in [6, 6.07) is 17.5. The van der Waals surface area contributed by atoms with Gasteiger partial charge in [0, 0.05) is 23.9 Å². The van der Waals surface area contributed by atoms with E-state index in [2.05, 4.69) is 4.57 Å². The Balaban J connectivity index is 2.40. The van der Waals surface area contributed by atoms with Crippen LogP contribution in [-0.2, 0) is 7.05 Å². The summed E-state index contributed by atoms with van der Waals surface area (Å²) >= 11 is 0. The molecule has 3 heteroatoms. The second-order valence-electron chi connectivity index (χ2n) is 5.42. The molecule has 1 heterocycles. The summed E-state index contributed by atoms with van der Waals surface area (Å²) in [7, 11) is 3.64. The number of aromatic nitrogens is 1. The molecule has 0 bridgehead atoms. The van der Waals surface area contributed by atoms with Gasteiger partial charge in [-0.1, -0.05) is 36.4 Å². The predicted octanol–water partition coefficient (Wildman–Crippen LogP) is 3.85. The highest BCUT2D eigenvalue weighted by atomic mass is 16.5. The first-order chi connectivity index (χ1) is 10.7. The first kappa shape index (κ1) is 12.9. The standard InChI is InChI=1S/C19H15NO2/c1-20-15-10-6-5-9-14(15)19(21)18-13-8-4-3-7-12(13)17(22-2)11-16(18)20/h3-11H,1-2H3. The fourth-order valence-corrected chi connectivity index (χ4v) is 3.22. The molecule has 22 heavy (non-hydrogen) atoms. The zero-order chi connectivity index (χ0) is 15.3. The number of aryl methyl sites for hydroxylation is 1. The third kappa shape index (κ3) is 1.59. The fraction of sp³-hybridized carbons (Fsp3) is 0.105. The third-order valence-corrected chi connectivity index (χ3v) is 4.30. The van der Waals surface area contributed by atoms with Crippen LogP contribution >= 0.6 is 0 Å². The molecule has 0 spiro atoms. The molecular weight excluding hydrogens is 274 g/mol. The zero-order valence-electron chi connectivity index (χ0n) is 12.5. The SMILES string of the molecule is COc1cc2c(c(=O)c3ccccc3n2C)c2ccccc12. The highest BCUT2D eigenvalue weighted by Gasteiger charge is 2.14. The highest BCUT2D eigenvalue weighted by Crippen LogP contribution is 2.32. The van der Waals surface area contributed by atoms with E-state index in [1.54, 1.807) is 7.11 Å². The van der Waals surface area contributed by atoms with Gasteiger partial charge >= 0.3 is 0 Å². The van der Waals surface area contributed by atoms with Crippen molar-refractivity contribution in [2.24, 2.45) is 7.05 Å². The summed E-state index contributed by atoms with van der Waals surface area (Å²) in [5.74, 6) is 0.786. The van der Waals surface area contributed by atoms with Gasteiger partial charge in [-0.3, -0.25) is 4.79 Å². The molecule has 0 fully saturated rings. The maximum Gasteiger partial charge on any atom is 0.197 e. The number of para-hydroxylation sites is 1. The molecule has 3 aromatic carbocycles. The Bertz CT molecular complexity index is 1090. The minimum absolute atomic E-state index is 0.0718. The number of rotatable bonds is 1. The van der Waals surface area contributed by atoms with Gasteiger partial charge in [0.2, 0.25) is 0 Å². The Kier molecular flexibility index (Phi) is 2.70. The molecule has 3 nitrogen and oxygen atoms in total. The minimum atomic E-state index is 0.0718. The molecule has 4 aromatic rings. The van der Waals surface area contributed by atoms with Crippen LogP contribution < -0.4 is 10.2 Å². The predicted molar refractivity (Wildman–Crippen MR) is 90.8 cm³/mol. The van der Waals surface area contributed by atoms with Gasteiger partial charge in [0.15, 0.2) is 5.43 Å². The number of fused-ring (bicyclic) bond motifs is 4. The molecule has 0 saturated carbocycles. The normalized spacial score (nSPS) is 11.4. The van der Waals surface area contributed by atoms with E-state index in [0.717, 1.165) is 38.3 Å². The van der Waals surface area contributed by atoms with Gasteiger partial charge in [0.1, 0.15) is 5.75 Å². The lowest BCUT2D eigenvalue weighted by atomic mass is 10.0. The molecule has 0 amide bonds. The van der Waals surface area contributed by atoms with Crippen molar-refractivity contribution < 1.29 is 4.74 Å². The molecule has 0 aliphatic carbocycles. The van der Waals surface area contributed by atoms with E-state index >= 15 is 0 Å². The van der Waals surface area contributed by atoms with E-state index < -0.39 is 0 Å². The van der Waals surface area contributed by atoms with Gasteiger partial charge in [0.25, 0.3) is 0 Å². The van der Waals surface area contributed by atoms with E-state index in [1.165, 1.54) is 0 Å². The molecule has 0 aliphatic heterocycles. The van der Waals surface area contributed by atoms with Gasteiger partial charge in [-0.2, -0.15) is 0 Å². The van der Waals surface area contributed by atoms with E-state index in [9.17, 15) is 4.79 Å². The van der Waals surface area contributed by atoms with Crippen molar-refractivity contribution in [3.05, 3.63) is 64.8 Å². The summed E-state index contributed by atoms with van der Waals surface area (Å²) in [6.07, 6.45) is 0. The van der Waals surface area contributed by atoms with Crippen LogP contribution in [0.15, 0.2) is 59.4 Å². The van der Waals surface area contributed by atoms with Crippen molar-refractivity contribution in [1.82, 2.24) is 4.57 Å². The molecule has 0 unspecified atom stereocenters. The summed E-state index contributed by atoms with van der Waals surface area (Å²) < 4.78 is 7.58. The van der Waals surface area contributed by atoms with E-state index in [1.807, 2.05) is 61.6 Å². The number of hydrogen-bond acceptors (Lipinski definition) is 2. The molecule has 0 radical (unpaired) electrons. The smallest absolute Gasteiger partial charge is 0.197 e. The van der Waals surface area contributed by atoms with Crippen molar-refractivity contribution in [1.29, 1.82) is 0 Å². The Morgan fingerprint density at radius 2 is 1.50 bits per heavy atom. The van der Waals surface area contributed by atoms with Gasteiger partial charge in [-0.15, -0.1) is 0 Å². The van der Waals surface area contributed by atoms with Crippen LogP contribution in [0.1, 0.15) is 0 Å². The lowest BCUT2D eigenvalue weighted by Crippen LogP contribution is -2.09. The van der Waals surface area contributed by atoms with E-state index in [4.69, 9.17) is 4.74 Å². The highest BCUT2D eigenvalue weighted by molar-refractivity contribution is 6.12. The first-order valence-electron chi connectivity index (χ1n) is 7.19. The van der Waals surface area contributed by atoms with Crippen LogP contribution in [0.3, 0.4) is 0 Å². The summed E-state index contributed by atoms with van der Waals surface area (Å²) in [5, 5.41) is 3.39. The molecule has 0 saturated heterocycles. The number of hydrogen-bond donors (Lipinski definition) is 0. The number of benzene rings is 3. The van der Waals surface area contributed by atoms with Crippen molar-refractivity contribution in [3.8, 4) is 5.75 Å². The Morgan fingerprint density at radius 3 is 2.23 bits per heavy atom. The van der Waals surface area contributed by atoms with Gasteiger partial charge in [-0.25, -0.2) is 0 Å². The van der Waals surface area contributed by atoms with Crippen molar-refractivity contribution in [3.63, 3.8) is 0 Å². The first-order valence-corrected chi connectivity index (χ1v) is 7.19. The second kappa shape index (κ2) is 4.60. The van der Waals surface area contributed by atoms with Crippen molar-refractivity contribution >= 4 is 32.6 Å². The zero-order valence-corrected chi connectivity index (χ0v) is 12.5. The summed E-state index contributed by atoms with van der Waals surface area (Å²) in [5.41, 5.74) is 1.89. The molecule has 108 valence electrons. The molecule has 0 atom stereocenters. The lowest BCUT2D eigenvalue weighted by molar-refractivity contribution is 0.420. The van der Waals surface area contributed by atoms with Crippen molar-refractivity contribution in [2.45, 2.75) is 0 Å². The van der Waals surface area contributed by atoms with Crippen LogP contribution in [0.4, 0.5) is 0 Å². The molecule has 1 aromatic heterocycles. The Labute approximate surface area is 127 Å². The van der Waals surface area contributed by atoms with Gasteiger partial charge < -0.3 is 9.30 Å². The molecule has 0 N–H and O–H groups in total. The van der Waals surface area contributed by atoms with E-state index in [0.29, 0.717) is 0 Å². The number of ether oxygens (including phenoxy) is 1. The van der Waals surface area contributed by atoms with Crippen molar-refractivity contribution in [2.75, 3.05) is 7.11 Å². The minimum Gasteiger partial charge on any atom is -0.496 e. The molecular formula is C19H15NO2. The Morgan fingerprint density at radius 1 is 0.864 bits per heavy atom. The number of pyridine rings is 1. The van der Waals surface area contributed by atoms with Crippen LogP contribution in [0, 0.1) is 0 Å². The summed E-state index contributed by atoms with van der Waals surface area (Å²) in [6.45, 7) is 0. The average molecular weight is 289 g/mol. The Hall–Kier alpha value is -2.81. The van der Waals surface area contributed by atoms with E-state index in [-0.39, 0.29) is 5.43 Å². The summed E-state index contributed by atoms with van der Waals surface area (Å²) in [4.78, 5) is 13.0. The topological polar surface area (TPSA) is 31.2 Å². The quantitative estimate of drug-likeness (QED) is 0.393. The van der Waals surface area contributed by atoms with Crippen LogP contribution in [0.2, 0.25) is 0 Å². The van der Waals surface area contributed by atoms with Crippen LogP contribution in [-0.4, -0.2) is 11.7 Å². The average Bonchev–Trinajstić information content (AvgIpc) is 2.58.